The number of ether oxygens (including phenoxy) is 5. The maximum Gasteiger partial charge on any atom is 0.303 e. The number of esters is 2. The maximum atomic E-state index is 12.2. The third kappa shape index (κ3) is 7.70. The van der Waals surface area contributed by atoms with Crippen LogP contribution in [0.5, 0.6) is 0 Å². The largest absolute Gasteiger partial charge is 0.465 e. The minimum Gasteiger partial charge on any atom is -0.465 e. The van der Waals surface area contributed by atoms with E-state index in [4.69, 9.17) is 23.7 Å². The molecule has 12 heteroatoms. The van der Waals surface area contributed by atoms with Gasteiger partial charge in [0.15, 0.2) is 12.4 Å². The number of rotatable bonds is 11. The van der Waals surface area contributed by atoms with E-state index in [1.54, 1.807) is 19.9 Å². The molecule has 4 rings (SSSR count). The summed E-state index contributed by atoms with van der Waals surface area (Å²) in [5, 5.41) is 56.7. The van der Waals surface area contributed by atoms with Gasteiger partial charge in [-0.2, -0.15) is 0 Å². The molecule has 0 aromatic rings. The summed E-state index contributed by atoms with van der Waals surface area (Å²) in [5.74, 6) is -2.13. The molecule has 12 nitrogen and oxygen atoms in total. The fraction of sp³-hybridized carbons (Fsp3) is 0.771. The number of aliphatic hydroxyl groups excluding tert-OH is 5. The highest BCUT2D eigenvalue weighted by atomic mass is 16.7. The molecule has 1 aliphatic heterocycles. The lowest BCUT2D eigenvalue weighted by Gasteiger charge is -2.47. The molecular formula is C35H54O12. The van der Waals surface area contributed by atoms with E-state index in [0.29, 0.717) is 5.57 Å². The number of carbonyl (C=O) groups is 2. The standard InChI is InChI=1S/C35H54O12/c1-9-34(6,7)44-16-25-29(41)32(45-20(5)38)30(42)33(46-25)47-31-27-23(17(2)15-43-19(4)37)12-26(39)35(27,8)13-24-21(14-36)10-11-22(24)18(3)28(31)40/h9,13,17-18,21-22,25-26,28-33,36,39-42H,1,10-12,14-16H2,2-8H3/t17-,18-,21+,22+,25-,26+,28-,29-,30-,31-,32+,33-,35+/m1/s1. The molecule has 13 atom stereocenters. The summed E-state index contributed by atoms with van der Waals surface area (Å²) in [4.78, 5) is 23.8. The van der Waals surface area contributed by atoms with Crippen molar-refractivity contribution in [2.45, 2.75) is 122 Å². The molecule has 2 fully saturated rings. The topological polar surface area (TPSA) is 181 Å². The van der Waals surface area contributed by atoms with Crippen LogP contribution in [0.15, 0.2) is 35.5 Å². The van der Waals surface area contributed by atoms with E-state index in [9.17, 15) is 35.1 Å². The van der Waals surface area contributed by atoms with Crippen LogP contribution in [0.25, 0.3) is 0 Å². The van der Waals surface area contributed by atoms with Gasteiger partial charge in [-0.3, -0.25) is 9.59 Å². The lowest BCUT2D eigenvalue weighted by atomic mass is 9.68. The van der Waals surface area contributed by atoms with Gasteiger partial charge in [-0.25, -0.2) is 0 Å². The summed E-state index contributed by atoms with van der Waals surface area (Å²) < 4.78 is 29.3. The van der Waals surface area contributed by atoms with Crippen molar-refractivity contribution in [3.8, 4) is 0 Å². The van der Waals surface area contributed by atoms with Gasteiger partial charge in [0.05, 0.1) is 31.0 Å². The Kier molecular flexibility index (Phi) is 11.8. The molecular weight excluding hydrogens is 612 g/mol. The minimum atomic E-state index is -1.65. The molecule has 3 aliphatic carbocycles. The van der Waals surface area contributed by atoms with E-state index < -0.39 is 72.0 Å². The van der Waals surface area contributed by atoms with Gasteiger partial charge in [0, 0.05) is 37.7 Å². The molecule has 47 heavy (non-hydrogen) atoms. The fourth-order valence-corrected chi connectivity index (χ4v) is 7.70. The first-order chi connectivity index (χ1) is 21.9. The zero-order valence-electron chi connectivity index (χ0n) is 28.6. The second-order valence-corrected chi connectivity index (χ2v) is 14.5. The minimum absolute atomic E-state index is 0.0373. The molecule has 1 saturated heterocycles. The Hall–Kier alpha value is -2.16. The highest BCUT2D eigenvalue weighted by molar-refractivity contribution is 5.66. The van der Waals surface area contributed by atoms with E-state index in [2.05, 4.69) is 6.58 Å². The Morgan fingerprint density at radius 3 is 2.40 bits per heavy atom. The van der Waals surface area contributed by atoms with E-state index in [1.165, 1.54) is 6.92 Å². The van der Waals surface area contributed by atoms with Crippen molar-refractivity contribution >= 4 is 11.9 Å². The van der Waals surface area contributed by atoms with Crippen molar-refractivity contribution in [2.24, 2.45) is 29.1 Å². The SMILES string of the molecule is C=CC(C)(C)OC[C@H]1O[C@H](O[C@@H]2C3=C([C@H](C)COC(C)=O)C[C@H](O)[C@]3(C)C=C3[C@H](CO)CC[C@H]3[C@@H](C)[C@H]2O)[C@H](O)[C@@H](OC(C)=O)[C@@H]1O. The average molecular weight is 667 g/mol. The summed E-state index contributed by atoms with van der Waals surface area (Å²) in [6.07, 6.45) is -5.09. The molecule has 266 valence electrons. The van der Waals surface area contributed by atoms with Crippen molar-refractivity contribution in [2.75, 3.05) is 19.8 Å². The number of aliphatic hydroxyl groups is 5. The Bertz CT molecular complexity index is 1230. The van der Waals surface area contributed by atoms with Crippen molar-refractivity contribution in [1.82, 2.24) is 0 Å². The lowest BCUT2D eigenvalue weighted by Crippen LogP contribution is -2.62. The van der Waals surface area contributed by atoms with E-state index in [-0.39, 0.29) is 49.9 Å². The van der Waals surface area contributed by atoms with Crippen LogP contribution < -0.4 is 0 Å². The molecule has 1 saturated carbocycles. The van der Waals surface area contributed by atoms with Crippen LogP contribution >= 0.6 is 0 Å². The van der Waals surface area contributed by atoms with E-state index in [0.717, 1.165) is 30.9 Å². The lowest BCUT2D eigenvalue weighted by molar-refractivity contribution is -0.320. The van der Waals surface area contributed by atoms with Gasteiger partial charge in [-0.15, -0.1) is 6.58 Å². The third-order valence-electron chi connectivity index (χ3n) is 10.7. The Labute approximate surface area is 277 Å². The quantitative estimate of drug-likeness (QED) is 0.160. The Morgan fingerprint density at radius 2 is 1.81 bits per heavy atom. The van der Waals surface area contributed by atoms with Gasteiger partial charge >= 0.3 is 11.9 Å². The van der Waals surface area contributed by atoms with Crippen LogP contribution in [0.3, 0.4) is 0 Å². The molecule has 0 spiro atoms. The first-order valence-corrected chi connectivity index (χ1v) is 16.6. The molecule has 4 aliphatic rings. The van der Waals surface area contributed by atoms with Gasteiger partial charge in [0.1, 0.15) is 24.4 Å². The second-order valence-electron chi connectivity index (χ2n) is 14.5. The number of hydrogen-bond donors (Lipinski definition) is 5. The molecule has 0 amide bonds. The summed E-state index contributed by atoms with van der Waals surface area (Å²) in [7, 11) is 0. The van der Waals surface area contributed by atoms with Crippen LogP contribution in [0.1, 0.15) is 67.7 Å². The summed E-state index contributed by atoms with van der Waals surface area (Å²) in [5.41, 5.74) is 0.460. The second kappa shape index (κ2) is 14.8. The average Bonchev–Trinajstić information content (AvgIpc) is 3.52. The predicted octanol–water partition coefficient (Wildman–Crippen LogP) is 1.95. The third-order valence-corrected chi connectivity index (χ3v) is 10.7. The van der Waals surface area contributed by atoms with Gasteiger partial charge in [-0.1, -0.05) is 37.1 Å². The van der Waals surface area contributed by atoms with Crippen LogP contribution in [0.2, 0.25) is 0 Å². The first kappa shape index (κ1) is 37.7. The molecule has 0 aromatic heterocycles. The van der Waals surface area contributed by atoms with Crippen LogP contribution in [0.4, 0.5) is 0 Å². The Balaban J connectivity index is 1.81. The summed E-state index contributed by atoms with van der Waals surface area (Å²) in [6.45, 7) is 15.3. The maximum absolute atomic E-state index is 12.2. The molecule has 0 bridgehead atoms. The van der Waals surface area contributed by atoms with Crippen molar-refractivity contribution in [1.29, 1.82) is 0 Å². The molecule has 0 unspecified atom stereocenters. The van der Waals surface area contributed by atoms with Crippen LogP contribution in [-0.2, 0) is 33.3 Å². The zero-order chi connectivity index (χ0) is 35.0. The van der Waals surface area contributed by atoms with E-state index in [1.807, 2.05) is 26.8 Å². The first-order valence-electron chi connectivity index (χ1n) is 16.6. The smallest absolute Gasteiger partial charge is 0.303 e. The van der Waals surface area contributed by atoms with Crippen molar-refractivity contribution < 1.29 is 58.8 Å². The number of fused-ring (bicyclic) bond motifs is 2. The molecule has 5 N–H and O–H groups in total. The highest BCUT2D eigenvalue weighted by Crippen LogP contribution is 2.55. The van der Waals surface area contributed by atoms with Gasteiger partial charge in [0.25, 0.3) is 0 Å². The number of hydrogen-bond acceptors (Lipinski definition) is 12. The highest BCUT2D eigenvalue weighted by Gasteiger charge is 2.56. The zero-order valence-corrected chi connectivity index (χ0v) is 28.6. The van der Waals surface area contributed by atoms with Crippen molar-refractivity contribution in [3.05, 3.63) is 35.5 Å². The van der Waals surface area contributed by atoms with Crippen LogP contribution in [-0.4, -0.2) is 112 Å². The Morgan fingerprint density at radius 1 is 1.13 bits per heavy atom. The fourth-order valence-electron chi connectivity index (χ4n) is 7.70. The monoisotopic (exact) mass is 666 g/mol. The van der Waals surface area contributed by atoms with Crippen molar-refractivity contribution in [3.63, 3.8) is 0 Å². The summed E-state index contributed by atoms with van der Waals surface area (Å²) >= 11 is 0. The van der Waals surface area contributed by atoms with Gasteiger partial charge < -0.3 is 49.2 Å². The van der Waals surface area contributed by atoms with Gasteiger partial charge in [0.2, 0.25) is 0 Å². The van der Waals surface area contributed by atoms with E-state index >= 15 is 0 Å². The molecule has 0 radical (unpaired) electrons. The molecule has 1 heterocycles. The van der Waals surface area contributed by atoms with Gasteiger partial charge in [-0.05, 0) is 57.4 Å². The molecule has 0 aromatic carbocycles. The summed E-state index contributed by atoms with van der Waals surface area (Å²) in [6, 6.07) is 0. The van der Waals surface area contributed by atoms with Crippen LogP contribution in [0, 0.1) is 29.1 Å². The predicted molar refractivity (Wildman–Crippen MR) is 169 cm³/mol. The normalized spacial score (nSPS) is 39.7. The number of carbonyl (C=O) groups excluding carboxylic acids is 2.